The Hall–Kier alpha value is -3.09. The molecular formula is C22H25N5O2. The second-order valence-corrected chi connectivity index (χ2v) is 8.20. The fourth-order valence-corrected chi connectivity index (χ4v) is 4.76. The highest BCUT2D eigenvalue weighted by atomic mass is 16.5. The van der Waals surface area contributed by atoms with Gasteiger partial charge in [-0.05, 0) is 36.6 Å². The molecule has 0 atom stereocenters. The number of carbonyl (C=O) groups excluding carboxylic acids is 1. The molecule has 0 saturated carbocycles. The van der Waals surface area contributed by atoms with Crippen molar-refractivity contribution >= 4 is 22.8 Å². The number of nitrogens with one attached hydrogen (secondary N) is 1. The molecule has 3 aromatic rings. The minimum Gasteiger partial charge on any atom is -0.497 e. The summed E-state index contributed by atoms with van der Waals surface area (Å²) in [6.45, 7) is 3.31. The van der Waals surface area contributed by atoms with E-state index in [1.165, 1.54) is 0 Å². The average Bonchev–Trinajstić information content (AvgIpc) is 3.33. The molecule has 0 aliphatic carbocycles. The van der Waals surface area contributed by atoms with Crippen LogP contribution in [0.4, 0.5) is 5.82 Å². The zero-order valence-electron chi connectivity index (χ0n) is 16.6. The molecule has 2 aromatic heterocycles. The third-order valence-corrected chi connectivity index (χ3v) is 6.37. The Morgan fingerprint density at radius 2 is 2.07 bits per heavy atom. The van der Waals surface area contributed by atoms with Gasteiger partial charge in [0.15, 0.2) is 0 Å². The van der Waals surface area contributed by atoms with E-state index in [9.17, 15) is 4.79 Å². The topological polar surface area (TPSA) is 74.3 Å². The van der Waals surface area contributed by atoms with E-state index in [-0.39, 0.29) is 11.3 Å². The fourth-order valence-electron chi connectivity index (χ4n) is 4.76. The molecule has 0 unspecified atom stereocenters. The fraction of sp³-hybridized carbons (Fsp3) is 0.409. The first-order valence-corrected chi connectivity index (χ1v) is 10.1. The minimum absolute atomic E-state index is 0.0801. The van der Waals surface area contributed by atoms with Gasteiger partial charge >= 0.3 is 0 Å². The van der Waals surface area contributed by atoms with Crippen LogP contribution >= 0.6 is 0 Å². The van der Waals surface area contributed by atoms with Crippen molar-refractivity contribution in [2.24, 2.45) is 5.41 Å². The second kappa shape index (κ2) is 7.06. The van der Waals surface area contributed by atoms with E-state index in [1.54, 1.807) is 13.4 Å². The first-order valence-electron chi connectivity index (χ1n) is 10.1. The van der Waals surface area contributed by atoms with Crippen molar-refractivity contribution in [3.63, 3.8) is 0 Å². The van der Waals surface area contributed by atoms with Gasteiger partial charge in [0, 0.05) is 44.2 Å². The van der Waals surface area contributed by atoms with Crippen molar-refractivity contribution in [3.8, 4) is 5.75 Å². The van der Waals surface area contributed by atoms with Crippen LogP contribution < -0.4 is 9.64 Å². The van der Waals surface area contributed by atoms with Gasteiger partial charge in [0.25, 0.3) is 0 Å². The van der Waals surface area contributed by atoms with Crippen molar-refractivity contribution in [3.05, 3.63) is 48.4 Å². The van der Waals surface area contributed by atoms with Crippen molar-refractivity contribution in [2.45, 2.75) is 25.8 Å². The molecule has 1 N–H and O–H groups in total. The molecule has 0 radical (unpaired) electrons. The maximum Gasteiger partial charge on any atom is 0.223 e. The third kappa shape index (κ3) is 3.30. The molecule has 4 heterocycles. The zero-order valence-corrected chi connectivity index (χ0v) is 16.6. The molecule has 2 aliphatic rings. The van der Waals surface area contributed by atoms with E-state index >= 15 is 0 Å². The first-order chi connectivity index (χ1) is 14.2. The second-order valence-electron chi connectivity index (χ2n) is 8.20. The Morgan fingerprint density at radius 1 is 1.21 bits per heavy atom. The number of nitrogens with zero attached hydrogens (tertiary/aromatic N) is 4. The van der Waals surface area contributed by atoms with Gasteiger partial charge in [-0.15, -0.1) is 0 Å². The predicted octanol–water partition coefficient (Wildman–Crippen LogP) is 2.99. The van der Waals surface area contributed by atoms with Crippen LogP contribution in [0, 0.1) is 5.41 Å². The van der Waals surface area contributed by atoms with Crippen LogP contribution in [0.5, 0.6) is 5.75 Å². The number of methoxy groups -OCH3 is 1. The van der Waals surface area contributed by atoms with Gasteiger partial charge < -0.3 is 19.5 Å². The van der Waals surface area contributed by atoms with Crippen LogP contribution in [0.1, 0.15) is 24.8 Å². The van der Waals surface area contributed by atoms with Gasteiger partial charge in [-0.1, -0.05) is 12.1 Å². The van der Waals surface area contributed by atoms with Crippen LogP contribution in [0.25, 0.3) is 11.0 Å². The van der Waals surface area contributed by atoms with E-state index in [1.807, 2.05) is 35.4 Å². The van der Waals surface area contributed by atoms with E-state index in [2.05, 4.69) is 25.9 Å². The molecule has 1 amide bonds. The number of hydrogen-bond acceptors (Lipinski definition) is 5. The van der Waals surface area contributed by atoms with Gasteiger partial charge in [0.05, 0.1) is 12.5 Å². The number of H-pyrrole nitrogens is 1. The number of aromatic amines is 1. The molecule has 1 spiro atoms. The van der Waals surface area contributed by atoms with Crippen molar-refractivity contribution in [1.29, 1.82) is 0 Å². The molecule has 2 aliphatic heterocycles. The standard InChI is InChI=1S/C22H25N5O2/c1-29-17-4-2-3-16(11-17)13-27-14-22(12-19(27)28)6-9-26(10-7-22)21-18-5-8-23-20(18)24-15-25-21/h2-5,8,11,15H,6-7,9-10,12-14H2,1H3,(H,23,24,25). The number of aromatic nitrogens is 3. The molecule has 2 fully saturated rings. The lowest BCUT2D eigenvalue weighted by Crippen LogP contribution is -2.42. The molecule has 0 bridgehead atoms. The minimum atomic E-state index is 0.0801. The molecular weight excluding hydrogens is 366 g/mol. The number of anilines is 1. The van der Waals surface area contributed by atoms with E-state index in [0.717, 1.165) is 60.6 Å². The highest BCUT2D eigenvalue weighted by Crippen LogP contribution is 2.42. The number of hydrogen-bond donors (Lipinski definition) is 1. The molecule has 5 rings (SSSR count). The van der Waals surface area contributed by atoms with E-state index in [0.29, 0.717) is 13.0 Å². The number of ether oxygens (including phenoxy) is 1. The van der Waals surface area contributed by atoms with E-state index in [4.69, 9.17) is 4.74 Å². The average molecular weight is 391 g/mol. The summed E-state index contributed by atoms with van der Waals surface area (Å²) in [4.78, 5) is 29.1. The monoisotopic (exact) mass is 391 g/mol. The summed E-state index contributed by atoms with van der Waals surface area (Å²) < 4.78 is 5.31. The van der Waals surface area contributed by atoms with Gasteiger partial charge in [-0.25, -0.2) is 9.97 Å². The summed E-state index contributed by atoms with van der Waals surface area (Å²) in [6, 6.07) is 10.0. The van der Waals surface area contributed by atoms with Crippen LogP contribution in [-0.4, -0.2) is 52.5 Å². The lowest BCUT2D eigenvalue weighted by molar-refractivity contribution is -0.128. The van der Waals surface area contributed by atoms with Crippen molar-refractivity contribution in [1.82, 2.24) is 19.9 Å². The Kier molecular flexibility index (Phi) is 4.38. The van der Waals surface area contributed by atoms with Gasteiger partial charge in [0.1, 0.15) is 23.5 Å². The van der Waals surface area contributed by atoms with Gasteiger partial charge in [-0.2, -0.15) is 0 Å². The molecule has 1 aromatic carbocycles. The number of rotatable bonds is 4. The first kappa shape index (κ1) is 18.0. The summed E-state index contributed by atoms with van der Waals surface area (Å²) in [5, 5.41) is 1.06. The summed E-state index contributed by atoms with van der Waals surface area (Å²) in [6.07, 6.45) is 6.18. The van der Waals surface area contributed by atoms with Crippen molar-refractivity contribution in [2.75, 3.05) is 31.6 Å². The lowest BCUT2D eigenvalue weighted by Gasteiger charge is -2.39. The highest BCUT2D eigenvalue weighted by molar-refractivity contribution is 5.87. The number of fused-ring (bicyclic) bond motifs is 1. The summed E-state index contributed by atoms with van der Waals surface area (Å²) in [5.74, 6) is 2.08. The predicted molar refractivity (Wildman–Crippen MR) is 111 cm³/mol. The SMILES string of the molecule is COc1cccc(CN2CC3(CCN(c4ncnc5[nH]ccc45)CC3)CC2=O)c1. The van der Waals surface area contributed by atoms with E-state index < -0.39 is 0 Å². The van der Waals surface area contributed by atoms with Gasteiger partial charge in [-0.3, -0.25) is 4.79 Å². The largest absolute Gasteiger partial charge is 0.497 e. The maximum absolute atomic E-state index is 12.8. The Labute approximate surface area is 169 Å². The lowest BCUT2D eigenvalue weighted by atomic mass is 9.77. The summed E-state index contributed by atoms with van der Waals surface area (Å²) >= 11 is 0. The normalized spacial score (nSPS) is 18.7. The molecule has 29 heavy (non-hydrogen) atoms. The van der Waals surface area contributed by atoms with Crippen molar-refractivity contribution < 1.29 is 9.53 Å². The quantitative estimate of drug-likeness (QED) is 0.740. The highest BCUT2D eigenvalue weighted by Gasteiger charge is 2.45. The number of benzene rings is 1. The van der Waals surface area contributed by atoms with Crippen LogP contribution in [0.15, 0.2) is 42.9 Å². The third-order valence-electron chi connectivity index (χ3n) is 6.37. The van der Waals surface area contributed by atoms with Gasteiger partial charge in [0.2, 0.25) is 5.91 Å². The number of amides is 1. The Bertz CT molecular complexity index is 1040. The number of likely N-dealkylation sites (tertiary alicyclic amines) is 1. The zero-order chi connectivity index (χ0) is 19.8. The van der Waals surface area contributed by atoms with Crippen LogP contribution in [-0.2, 0) is 11.3 Å². The van der Waals surface area contributed by atoms with Crippen LogP contribution in [0.3, 0.4) is 0 Å². The summed E-state index contributed by atoms with van der Waals surface area (Å²) in [5.41, 5.74) is 2.07. The molecule has 2 saturated heterocycles. The molecule has 7 nitrogen and oxygen atoms in total. The molecule has 7 heteroatoms. The molecule has 150 valence electrons. The van der Waals surface area contributed by atoms with Crippen LogP contribution in [0.2, 0.25) is 0 Å². The Balaban J connectivity index is 1.27. The number of carbonyl (C=O) groups is 1. The smallest absolute Gasteiger partial charge is 0.223 e. The number of piperidine rings is 1. The summed E-state index contributed by atoms with van der Waals surface area (Å²) in [7, 11) is 1.67. The maximum atomic E-state index is 12.8. The Morgan fingerprint density at radius 3 is 2.90 bits per heavy atom.